The highest BCUT2D eigenvalue weighted by molar-refractivity contribution is 6.19. The highest BCUT2D eigenvalue weighted by atomic mass is 35.5. The molecule has 0 spiro atoms. The average molecular weight is 450 g/mol. The van der Waals surface area contributed by atoms with Gasteiger partial charge in [-0.25, -0.2) is 4.79 Å². The van der Waals surface area contributed by atoms with Crippen molar-refractivity contribution in [2.75, 3.05) is 39.4 Å². The van der Waals surface area contributed by atoms with E-state index in [9.17, 15) is 14.4 Å². The Morgan fingerprint density at radius 1 is 1.10 bits per heavy atom. The number of allylic oxidation sites excluding steroid dienone is 1. The number of quaternary nitrogens is 1. The number of hydrogen-bond donors (Lipinski definition) is 1. The van der Waals surface area contributed by atoms with E-state index in [2.05, 4.69) is 6.58 Å². The second-order valence-corrected chi connectivity index (χ2v) is 8.35. The molecule has 2 heterocycles. The molecule has 3 rings (SSSR count). The number of urea groups is 1. The molecule has 0 radical (unpaired) electrons. The molecule has 31 heavy (non-hydrogen) atoms. The highest BCUT2D eigenvalue weighted by Gasteiger charge is 2.58. The van der Waals surface area contributed by atoms with Gasteiger partial charge in [-0.2, -0.15) is 0 Å². The predicted octanol–water partition coefficient (Wildman–Crippen LogP) is -1.88. The topological polar surface area (TPSA) is 71.4 Å². The van der Waals surface area contributed by atoms with Gasteiger partial charge in [-0.1, -0.05) is 50.3 Å². The Kier molecular flexibility index (Phi) is 8.79. The van der Waals surface area contributed by atoms with E-state index in [4.69, 9.17) is 4.74 Å². The molecular formula is C23H32ClN3O4. The summed E-state index contributed by atoms with van der Waals surface area (Å²) in [5, 5.41) is 0. The van der Waals surface area contributed by atoms with Crippen LogP contribution in [0.15, 0.2) is 43.0 Å². The van der Waals surface area contributed by atoms with Crippen molar-refractivity contribution in [2.24, 2.45) is 11.3 Å². The van der Waals surface area contributed by atoms with Crippen LogP contribution < -0.4 is 17.3 Å². The number of imide groups is 2. The first kappa shape index (κ1) is 25.0. The summed E-state index contributed by atoms with van der Waals surface area (Å²) in [5.74, 6) is -1.09. The van der Waals surface area contributed by atoms with Gasteiger partial charge in [0.2, 0.25) is 11.8 Å². The lowest BCUT2D eigenvalue weighted by Crippen LogP contribution is -3.14. The smallest absolute Gasteiger partial charge is 0.333 e. The minimum Gasteiger partial charge on any atom is -1.00 e. The summed E-state index contributed by atoms with van der Waals surface area (Å²) in [4.78, 5) is 44.2. The molecule has 1 aromatic carbocycles. The first-order valence-electron chi connectivity index (χ1n) is 10.7. The Bertz CT molecular complexity index is 795. The Balaban J connectivity index is 0.00000341. The zero-order valence-electron chi connectivity index (χ0n) is 18.3. The van der Waals surface area contributed by atoms with Crippen LogP contribution in [0, 0.1) is 11.3 Å². The van der Waals surface area contributed by atoms with Crippen molar-refractivity contribution in [1.29, 1.82) is 0 Å². The fraction of sp³-hybridized carbons (Fsp3) is 0.522. The van der Waals surface area contributed by atoms with Gasteiger partial charge in [-0.05, 0) is 17.9 Å². The molecule has 2 aliphatic heterocycles. The van der Waals surface area contributed by atoms with Gasteiger partial charge in [0.25, 0.3) is 0 Å². The molecule has 1 unspecified atom stereocenters. The van der Waals surface area contributed by atoms with Crippen molar-refractivity contribution < 1.29 is 36.4 Å². The van der Waals surface area contributed by atoms with Crippen LogP contribution in [0.25, 0.3) is 0 Å². The van der Waals surface area contributed by atoms with E-state index >= 15 is 0 Å². The lowest BCUT2D eigenvalue weighted by Gasteiger charge is -2.46. The van der Waals surface area contributed by atoms with Gasteiger partial charge in [-0.3, -0.25) is 19.4 Å². The normalized spacial score (nSPS) is 22.6. The van der Waals surface area contributed by atoms with E-state index in [1.165, 1.54) is 14.7 Å². The van der Waals surface area contributed by atoms with Gasteiger partial charge in [0.05, 0.1) is 32.8 Å². The molecule has 170 valence electrons. The minimum atomic E-state index is -1.30. The third kappa shape index (κ3) is 5.00. The second kappa shape index (κ2) is 10.9. The van der Waals surface area contributed by atoms with Crippen LogP contribution >= 0.6 is 0 Å². The lowest BCUT2D eigenvalue weighted by atomic mass is 9.70. The zero-order chi connectivity index (χ0) is 21.7. The number of halogens is 1. The van der Waals surface area contributed by atoms with E-state index in [0.29, 0.717) is 19.8 Å². The number of nitrogens with zero attached hydrogens (tertiary/aromatic N) is 2. The standard InChI is InChI=1S/C23H31N3O4.ClH/c1-4-10-23(18(2)3)20(27)25(12-11-24-13-15-30-16-14-24)22(29)26(21(23)28)17-19-8-6-5-7-9-19;/h4-9,18H,1,10-17H2,2-3H3;1H. The molecule has 1 aromatic rings. The number of barbiturate groups is 1. The summed E-state index contributed by atoms with van der Waals surface area (Å²) in [6.07, 6.45) is 1.82. The third-order valence-corrected chi connectivity index (χ3v) is 6.24. The zero-order valence-corrected chi connectivity index (χ0v) is 19.1. The maximum absolute atomic E-state index is 13.5. The fourth-order valence-electron chi connectivity index (χ4n) is 4.31. The number of rotatable bonds is 8. The molecule has 0 bridgehead atoms. The van der Waals surface area contributed by atoms with E-state index in [1.54, 1.807) is 6.08 Å². The first-order valence-corrected chi connectivity index (χ1v) is 10.7. The molecule has 0 aromatic heterocycles. The van der Waals surface area contributed by atoms with Crippen molar-refractivity contribution in [3.8, 4) is 0 Å². The molecule has 0 saturated carbocycles. The fourth-order valence-corrected chi connectivity index (χ4v) is 4.31. The predicted molar refractivity (Wildman–Crippen MR) is 113 cm³/mol. The monoisotopic (exact) mass is 449 g/mol. The van der Waals surface area contributed by atoms with Crippen molar-refractivity contribution in [1.82, 2.24) is 9.80 Å². The summed E-state index contributed by atoms with van der Waals surface area (Å²) in [6, 6.07) is 8.87. The molecule has 1 N–H and O–H groups in total. The number of benzene rings is 1. The summed E-state index contributed by atoms with van der Waals surface area (Å²) >= 11 is 0. The molecule has 0 aliphatic carbocycles. The quantitative estimate of drug-likeness (QED) is 0.372. The summed E-state index contributed by atoms with van der Waals surface area (Å²) in [7, 11) is 0. The number of morpholine rings is 1. The van der Waals surface area contributed by atoms with Gasteiger partial charge in [0.15, 0.2) is 0 Å². The largest absolute Gasteiger partial charge is 1.00 e. The number of amides is 4. The van der Waals surface area contributed by atoms with Crippen molar-refractivity contribution in [3.05, 3.63) is 48.6 Å². The van der Waals surface area contributed by atoms with Gasteiger partial charge in [0.1, 0.15) is 18.5 Å². The maximum Gasteiger partial charge on any atom is 0.333 e. The van der Waals surface area contributed by atoms with E-state index in [-0.39, 0.29) is 37.8 Å². The first-order chi connectivity index (χ1) is 14.4. The lowest BCUT2D eigenvalue weighted by molar-refractivity contribution is -0.907. The van der Waals surface area contributed by atoms with Crippen LogP contribution in [0.1, 0.15) is 25.8 Å². The summed E-state index contributed by atoms with van der Waals surface area (Å²) < 4.78 is 5.40. The van der Waals surface area contributed by atoms with Gasteiger partial charge >= 0.3 is 6.03 Å². The Hall–Kier alpha value is -2.22. The van der Waals surface area contributed by atoms with Crippen LogP contribution in [-0.4, -0.2) is 67.0 Å². The number of ether oxygens (including phenoxy) is 1. The molecule has 7 nitrogen and oxygen atoms in total. The molecule has 4 amide bonds. The van der Waals surface area contributed by atoms with Crippen LogP contribution in [-0.2, 0) is 20.9 Å². The minimum absolute atomic E-state index is 0. The molecular weight excluding hydrogens is 418 g/mol. The number of hydrogen-bond acceptors (Lipinski definition) is 4. The molecule has 8 heteroatoms. The van der Waals surface area contributed by atoms with Crippen molar-refractivity contribution in [3.63, 3.8) is 0 Å². The SMILES string of the molecule is C=CCC1(C(C)C)C(=O)N(CC[NH+]2CCOCC2)C(=O)N(Cc2ccccc2)C1=O.[Cl-]. The Labute approximate surface area is 190 Å². The van der Waals surface area contributed by atoms with E-state index < -0.39 is 23.3 Å². The molecule has 2 saturated heterocycles. The van der Waals surface area contributed by atoms with Gasteiger partial charge < -0.3 is 22.0 Å². The van der Waals surface area contributed by atoms with E-state index in [0.717, 1.165) is 18.7 Å². The van der Waals surface area contributed by atoms with Crippen LogP contribution in [0.5, 0.6) is 0 Å². The van der Waals surface area contributed by atoms with Crippen LogP contribution in [0.4, 0.5) is 4.79 Å². The van der Waals surface area contributed by atoms with Crippen molar-refractivity contribution in [2.45, 2.75) is 26.8 Å². The summed E-state index contributed by atoms with van der Waals surface area (Å²) in [5.41, 5.74) is -0.450. The van der Waals surface area contributed by atoms with Crippen LogP contribution in [0.3, 0.4) is 0 Å². The molecule has 2 aliphatic rings. The molecule has 1 atom stereocenters. The molecule has 2 fully saturated rings. The van der Waals surface area contributed by atoms with Crippen LogP contribution in [0.2, 0.25) is 0 Å². The van der Waals surface area contributed by atoms with E-state index in [1.807, 2.05) is 44.2 Å². The highest BCUT2D eigenvalue weighted by Crippen LogP contribution is 2.40. The van der Waals surface area contributed by atoms with Gasteiger partial charge in [-0.15, -0.1) is 6.58 Å². The van der Waals surface area contributed by atoms with Gasteiger partial charge in [0, 0.05) is 0 Å². The number of nitrogens with one attached hydrogen (secondary N) is 1. The Morgan fingerprint density at radius 2 is 1.71 bits per heavy atom. The number of carbonyl (C=O) groups excluding carboxylic acids is 3. The van der Waals surface area contributed by atoms with Crippen molar-refractivity contribution >= 4 is 17.8 Å². The maximum atomic E-state index is 13.5. The average Bonchev–Trinajstić information content (AvgIpc) is 2.75. The third-order valence-electron chi connectivity index (χ3n) is 6.24. The second-order valence-electron chi connectivity index (χ2n) is 8.35. The summed E-state index contributed by atoms with van der Waals surface area (Å²) in [6.45, 7) is 11.7. The number of carbonyl (C=O) groups is 3. The Morgan fingerprint density at radius 3 is 2.29 bits per heavy atom.